The molecular weight excluding hydrogens is 526 g/mol. The summed E-state index contributed by atoms with van der Waals surface area (Å²) in [6.45, 7) is 10.8. The van der Waals surface area contributed by atoms with Gasteiger partial charge in [0.05, 0.1) is 10.5 Å². The van der Waals surface area contributed by atoms with E-state index in [1.165, 1.54) is 46.8 Å². The molecule has 0 bridgehead atoms. The van der Waals surface area contributed by atoms with Crippen molar-refractivity contribution in [1.82, 2.24) is 20.1 Å². The van der Waals surface area contributed by atoms with Gasteiger partial charge in [-0.15, -0.1) is 11.3 Å². The third kappa shape index (κ3) is 6.09. The molecule has 3 N–H and O–H groups in total. The number of amides is 3. The van der Waals surface area contributed by atoms with Gasteiger partial charge in [0, 0.05) is 43.5 Å². The highest BCUT2D eigenvalue weighted by Gasteiger charge is 2.32. The Morgan fingerprint density at radius 2 is 1.68 bits per heavy atom. The van der Waals surface area contributed by atoms with E-state index in [1.54, 1.807) is 0 Å². The van der Waals surface area contributed by atoms with Gasteiger partial charge in [0.25, 0.3) is 11.8 Å². The van der Waals surface area contributed by atoms with Crippen LogP contribution >= 0.6 is 11.3 Å². The molecule has 2 unspecified atom stereocenters. The van der Waals surface area contributed by atoms with Gasteiger partial charge in [-0.1, -0.05) is 20.8 Å². The number of piperidine rings is 1. The van der Waals surface area contributed by atoms with Gasteiger partial charge in [-0.05, 0) is 61.1 Å². The summed E-state index contributed by atoms with van der Waals surface area (Å²) >= 11 is 1.34. The molecule has 38 heavy (non-hydrogen) atoms. The van der Waals surface area contributed by atoms with Crippen LogP contribution < -0.4 is 16.2 Å². The molecule has 0 aliphatic carbocycles. The van der Waals surface area contributed by atoms with Gasteiger partial charge in [0.2, 0.25) is 15.9 Å². The molecule has 3 heterocycles. The molecule has 2 aliphatic heterocycles. The number of carbonyl (C=O) groups excluding carboxylic acids is 3. The zero-order valence-corrected chi connectivity index (χ0v) is 23.8. The first-order valence-corrected chi connectivity index (χ1v) is 15.1. The molecule has 0 saturated carbocycles. The molecule has 2 aliphatic rings. The summed E-state index contributed by atoms with van der Waals surface area (Å²) in [5.41, 5.74) is 6.20. The summed E-state index contributed by atoms with van der Waals surface area (Å²) in [6.07, 6.45) is 1.65. The minimum absolute atomic E-state index is 0.150. The Morgan fingerprint density at radius 1 is 1.03 bits per heavy atom. The molecule has 0 spiro atoms. The predicted molar refractivity (Wildman–Crippen MR) is 146 cm³/mol. The van der Waals surface area contributed by atoms with Crippen molar-refractivity contribution in [3.63, 3.8) is 0 Å². The van der Waals surface area contributed by atoms with Crippen molar-refractivity contribution in [3.05, 3.63) is 45.8 Å². The Hall–Kier alpha value is -2.80. The molecule has 12 heteroatoms. The molecule has 3 amide bonds. The number of anilines is 1. The summed E-state index contributed by atoms with van der Waals surface area (Å²) in [7, 11) is -3.66. The fourth-order valence-corrected chi connectivity index (χ4v) is 8.13. The van der Waals surface area contributed by atoms with Crippen LogP contribution in [0.2, 0.25) is 0 Å². The molecule has 2 aromatic rings. The number of hydrogen-bond acceptors (Lipinski definition) is 7. The van der Waals surface area contributed by atoms with Crippen molar-refractivity contribution in [2.45, 2.75) is 52.0 Å². The number of hydrazine groups is 1. The standard InChI is InChI=1S/C26H35N5O5S2/c1-5-30-11-10-21-22(15-30)37-26(23(21)25(34)29-28-18(4)32)27-24(33)19-6-8-20(9-7-19)38(35,36)31-13-16(2)12-17(3)14-31/h6-9,16-17H,5,10-15H2,1-4H3,(H,27,33)(H,28,32)(H,29,34). The number of likely N-dealkylation sites (N-methyl/N-ethyl adjacent to an activating group) is 1. The van der Waals surface area contributed by atoms with Gasteiger partial charge >= 0.3 is 0 Å². The van der Waals surface area contributed by atoms with E-state index in [0.29, 0.717) is 36.6 Å². The Kier molecular flexibility index (Phi) is 8.55. The highest BCUT2D eigenvalue weighted by atomic mass is 32.2. The first-order valence-electron chi connectivity index (χ1n) is 12.8. The van der Waals surface area contributed by atoms with E-state index < -0.39 is 27.7 Å². The fourth-order valence-electron chi connectivity index (χ4n) is 5.17. The molecule has 4 rings (SSSR count). The SMILES string of the molecule is CCN1CCc2c(sc(NC(=O)c3ccc(S(=O)(=O)N4CC(C)CC(C)C4)cc3)c2C(=O)NNC(C)=O)C1. The Balaban J connectivity index is 1.55. The number of rotatable bonds is 6. The van der Waals surface area contributed by atoms with Crippen molar-refractivity contribution in [3.8, 4) is 0 Å². The van der Waals surface area contributed by atoms with Gasteiger partial charge in [-0.3, -0.25) is 30.1 Å². The van der Waals surface area contributed by atoms with Crippen LogP contribution in [-0.4, -0.2) is 61.5 Å². The van der Waals surface area contributed by atoms with Crippen LogP contribution in [0.3, 0.4) is 0 Å². The van der Waals surface area contributed by atoms with Crippen LogP contribution in [0.4, 0.5) is 5.00 Å². The van der Waals surface area contributed by atoms with Crippen LogP contribution in [0.25, 0.3) is 0 Å². The van der Waals surface area contributed by atoms with E-state index in [2.05, 4.69) is 41.8 Å². The number of fused-ring (bicyclic) bond motifs is 1. The molecule has 1 saturated heterocycles. The van der Waals surface area contributed by atoms with Crippen LogP contribution in [0.1, 0.15) is 65.3 Å². The molecule has 2 atom stereocenters. The topological polar surface area (TPSA) is 128 Å². The van der Waals surface area contributed by atoms with Gasteiger partial charge in [-0.2, -0.15) is 4.31 Å². The van der Waals surface area contributed by atoms with Crippen molar-refractivity contribution in [2.75, 3.05) is 31.5 Å². The van der Waals surface area contributed by atoms with E-state index in [0.717, 1.165) is 30.0 Å². The first-order chi connectivity index (χ1) is 18.0. The van der Waals surface area contributed by atoms with E-state index >= 15 is 0 Å². The minimum atomic E-state index is -3.66. The van der Waals surface area contributed by atoms with E-state index in [9.17, 15) is 22.8 Å². The normalized spacial score (nSPS) is 20.4. The summed E-state index contributed by atoms with van der Waals surface area (Å²) in [6, 6.07) is 5.89. The van der Waals surface area contributed by atoms with E-state index in [-0.39, 0.29) is 22.3 Å². The van der Waals surface area contributed by atoms with Gasteiger partial charge < -0.3 is 5.32 Å². The van der Waals surface area contributed by atoms with Crippen LogP contribution in [0.15, 0.2) is 29.2 Å². The highest BCUT2D eigenvalue weighted by molar-refractivity contribution is 7.89. The maximum absolute atomic E-state index is 13.2. The molecule has 1 aromatic carbocycles. The number of benzene rings is 1. The lowest BCUT2D eigenvalue weighted by Gasteiger charge is -2.34. The average molecular weight is 562 g/mol. The van der Waals surface area contributed by atoms with Crippen molar-refractivity contribution in [2.24, 2.45) is 11.8 Å². The number of nitrogens with one attached hydrogen (secondary N) is 3. The lowest BCUT2D eigenvalue weighted by molar-refractivity contribution is -0.119. The Bertz CT molecular complexity index is 1310. The zero-order valence-electron chi connectivity index (χ0n) is 22.2. The van der Waals surface area contributed by atoms with Crippen LogP contribution in [0.5, 0.6) is 0 Å². The average Bonchev–Trinajstić information content (AvgIpc) is 3.23. The number of thiophene rings is 1. The summed E-state index contributed by atoms with van der Waals surface area (Å²) in [5, 5.41) is 3.24. The predicted octanol–water partition coefficient (Wildman–Crippen LogP) is 2.83. The second-order valence-corrected chi connectivity index (χ2v) is 13.3. The second-order valence-electron chi connectivity index (χ2n) is 10.2. The molecule has 1 fully saturated rings. The summed E-state index contributed by atoms with van der Waals surface area (Å²) in [5.74, 6) is -0.778. The van der Waals surface area contributed by atoms with Crippen molar-refractivity contribution < 1.29 is 22.8 Å². The largest absolute Gasteiger partial charge is 0.313 e. The van der Waals surface area contributed by atoms with Crippen LogP contribution in [-0.2, 0) is 27.8 Å². The third-order valence-electron chi connectivity index (χ3n) is 6.98. The molecule has 0 radical (unpaired) electrons. The number of nitrogens with zero attached hydrogens (tertiary/aromatic N) is 2. The smallest absolute Gasteiger partial charge is 0.272 e. The fraction of sp³-hybridized carbons (Fsp3) is 0.500. The molecular formula is C26H35N5O5S2. The van der Waals surface area contributed by atoms with Gasteiger partial charge in [0.1, 0.15) is 5.00 Å². The van der Waals surface area contributed by atoms with Crippen molar-refractivity contribution in [1.29, 1.82) is 0 Å². The minimum Gasteiger partial charge on any atom is -0.313 e. The summed E-state index contributed by atoms with van der Waals surface area (Å²) < 4.78 is 27.9. The molecule has 10 nitrogen and oxygen atoms in total. The third-order valence-corrected chi connectivity index (χ3v) is 9.96. The lowest BCUT2D eigenvalue weighted by atomic mass is 9.94. The van der Waals surface area contributed by atoms with Crippen LogP contribution in [0, 0.1) is 11.8 Å². The Morgan fingerprint density at radius 3 is 2.29 bits per heavy atom. The second kappa shape index (κ2) is 11.5. The number of hydrogen-bond donors (Lipinski definition) is 3. The lowest BCUT2D eigenvalue weighted by Crippen LogP contribution is -2.42. The van der Waals surface area contributed by atoms with E-state index in [4.69, 9.17) is 0 Å². The van der Waals surface area contributed by atoms with Crippen molar-refractivity contribution >= 4 is 44.1 Å². The maximum Gasteiger partial charge on any atom is 0.272 e. The van der Waals surface area contributed by atoms with E-state index in [1.807, 2.05) is 0 Å². The highest BCUT2D eigenvalue weighted by Crippen LogP contribution is 2.37. The Labute approximate surface area is 227 Å². The maximum atomic E-state index is 13.2. The monoisotopic (exact) mass is 561 g/mol. The number of sulfonamides is 1. The quantitative estimate of drug-likeness (QED) is 0.466. The zero-order chi connectivity index (χ0) is 27.6. The molecule has 1 aromatic heterocycles. The van der Waals surface area contributed by atoms with Gasteiger partial charge in [0.15, 0.2) is 0 Å². The summed E-state index contributed by atoms with van der Waals surface area (Å²) in [4.78, 5) is 40.8. The first kappa shape index (κ1) is 28.2. The number of carbonyl (C=O) groups is 3. The van der Waals surface area contributed by atoms with Gasteiger partial charge in [-0.25, -0.2) is 8.42 Å². The molecule has 206 valence electrons.